The Morgan fingerprint density at radius 3 is 2.54 bits per heavy atom. The minimum Gasteiger partial charge on any atom is -0.376 e. The summed E-state index contributed by atoms with van der Waals surface area (Å²) in [5, 5.41) is 3.06. The minimum atomic E-state index is -3.95. The smallest absolute Gasteiger partial charge is 0.226 e. The molecule has 0 radical (unpaired) electrons. The van der Waals surface area contributed by atoms with Crippen LogP contribution in [0.25, 0.3) is 0 Å². The van der Waals surface area contributed by atoms with E-state index in [0.29, 0.717) is 19.6 Å². The average Bonchev–Trinajstić information content (AvgIpc) is 3.30. The molecule has 1 aromatic carbocycles. The van der Waals surface area contributed by atoms with E-state index in [2.05, 4.69) is 10.3 Å². The zero-order valence-electron chi connectivity index (χ0n) is 15.8. The molecule has 1 aromatic heterocycles. The molecule has 1 N–H and O–H groups in total. The highest BCUT2D eigenvalue weighted by molar-refractivity contribution is 7.94. The van der Waals surface area contributed by atoms with Crippen molar-refractivity contribution < 1.29 is 21.6 Å². The molecule has 1 fully saturated rings. The molecule has 0 saturated carbocycles. The number of sulfone groups is 2. The summed E-state index contributed by atoms with van der Waals surface area (Å²) in [7, 11) is -7.58. The third-order valence-corrected chi connectivity index (χ3v) is 9.63. The molecule has 2 aromatic rings. The monoisotopic (exact) mass is 444 g/mol. The number of hydrogen-bond acceptors (Lipinski definition) is 8. The first kappa shape index (κ1) is 21.2. The highest BCUT2D eigenvalue weighted by Crippen LogP contribution is 2.35. The number of nitrogens with zero attached hydrogens (tertiary/aromatic N) is 1. The SMILES string of the molecule is CCCS(=O)(=O)c1nc(S(=O)(=O)c2ccc(C)cc2)c(NC[C@H]2CCCO2)s1. The predicted octanol–water partition coefficient (Wildman–Crippen LogP) is 3.06. The average molecular weight is 445 g/mol. The summed E-state index contributed by atoms with van der Waals surface area (Å²) in [6.45, 7) is 4.71. The van der Waals surface area contributed by atoms with Crippen LogP contribution in [0.4, 0.5) is 5.00 Å². The van der Waals surface area contributed by atoms with Gasteiger partial charge in [0.05, 0.1) is 16.8 Å². The van der Waals surface area contributed by atoms with Crippen LogP contribution in [0.2, 0.25) is 0 Å². The van der Waals surface area contributed by atoms with Gasteiger partial charge in [0.25, 0.3) is 0 Å². The lowest BCUT2D eigenvalue weighted by Crippen LogP contribution is -2.19. The summed E-state index contributed by atoms with van der Waals surface area (Å²) < 4.78 is 56.6. The largest absolute Gasteiger partial charge is 0.376 e. The van der Waals surface area contributed by atoms with Gasteiger partial charge in [-0.2, -0.15) is 0 Å². The number of anilines is 1. The molecule has 0 amide bonds. The van der Waals surface area contributed by atoms with Crippen molar-refractivity contribution in [2.75, 3.05) is 24.2 Å². The van der Waals surface area contributed by atoms with Gasteiger partial charge in [-0.05, 0) is 38.3 Å². The van der Waals surface area contributed by atoms with Crippen molar-refractivity contribution in [3.63, 3.8) is 0 Å². The standard InChI is InChI=1S/C18H24N2O5S3/c1-3-11-27(21,22)18-20-17(16(26-18)19-12-14-5-4-10-25-14)28(23,24)15-8-6-13(2)7-9-15/h6-9,14,19H,3-5,10-12H2,1-2H3/t14-/m1/s1. The zero-order chi connectivity index (χ0) is 20.4. The van der Waals surface area contributed by atoms with E-state index in [-0.39, 0.29) is 31.1 Å². The van der Waals surface area contributed by atoms with E-state index in [0.717, 1.165) is 29.7 Å². The molecular formula is C18H24N2O5S3. The fraction of sp³-hybridized carbons (Fsp3) is 0.500. The van der Waals surface area contributed by atoms with Crippen LogP contribution in [0.15, 0.2) is 38.5 Å². The maximum atomic E-state index is 13.1. The molecule has 0 bridgehead atoms. The van der Waals surface area contributed by atoms with Crippen LogP contribution in [0, 0.1) is 6.92 Å². The van der Waals surface area contributed by atoms with Gasteiger partial charge in [-0.25, -0.2) is 21.8 Å². The Balaban J connectivity index is 2.01. The second kappa shape index (κ2) is 8.48. The first-order valence-corrected chi connectivity index (χ1v) is 13.1. The van der Waals surface area contributed by atoms with Gasteiger partial charge in [-0.1, -0.05) is 36.0 Å². The number of hydrogen-bond donors (Lipinski definition) is 1. The summed E-state index contributed by atoms with van der Waals surface area (Å²) in [4.78, 5) is 4.14. The van der Waals surface area contributed by atoms with Crippen LogP contribution in [0.1, 0.15) is 31.7 Å². The van der Waals surface area contributed by atoms with E-state index in [4.69, 9.17) is 4.74 Å². The molecule has 2 heterocycles. The Labute approximate surface area is 170 Å². The molecular weight excluding hydrogens is 420 g/mol. The predicted molar refractivity (Wildman–Crippen MR) is 109 cm³/mol. The Morgan fingerprint density at radius 1 is 1.21 bits per heavy atom. The number of aryl methyl sites for hydroxylation is 1. The molecule has 1 aliphatic heterocycles. The van der Waals surface area contributed by atoms with Gasteiger partial charge in [-0.15, -0.1) is 0 Å². The fourth-order valence-electron chi connectivity index (χ4n) is 2.91. The first-order chi connectivity index (χ1) is 13.2. The van der Waals surface area contributed by atoms with Crippen molar-refractivity contribution in [1.29, 1.82) is 0 Å². The molecule has 28 heavy (non-hydrogen) atoms. The Morgan fingerprint density at radius 2 is 1.93 bits per heavy atom. The van der Waals surface area contributed by atoms with Crippen LogP contribution in [0.5, 0.6) is 0 Å². The maximum Gasteiger partial charge on any atom is 0.226 e. The number of rotatable bonds is 8. The molecule has 1 saturated heterocycles. The Hall–Kier alpha value is -1.49. The highest BCUT2D eigenvalue weighted by Gasteiger charge is 2.30. The van der Waals surface area contributed by atoms with Crippen molar-refractivity contribution in [3.05, 3.63) is 29.8 Å². The molecule has 0 spiro atoms. The number of nitrogens with one attached hydrogen (secondary N) is 1. The lowest BCUT2D eigenvalue weighted by atomic mass is 10.2. The third-order valence-electron chi connectivity index (χ3n) is 4.42. The van der Waals surface area contributed by atoms with E-state index >= 15 is 0 Å². The minimum absolute atomic E-state index is 0.0206. The van der Waals surface area contributed by atoms with Crippen LogP contribution in [-0.4, -0.2) is 46.8 Å². The van der Waals surface area contributed by atoms with Crippen LogP contribution >= 0.6 is 11.3 Å². The van der Waals surface area contributed by atoms with Crippen LogP contribution in [0.3, 0.4) is 0 Å². The van der Waals surface area contributed by atoms with Crippen molar-refractivity contribution in [2.45, 2.75) is 53.5 Å². The summed E-state index contributed by atoms with van der Waals surface area (Å²) >= 11 is 0.870. The Kier molecular flexibility index (Phi) is 6.43. The van der Waals surface area contributed by atoms with E-state index in [1.165, 1.54) is 12.1 Å². The van der Waals surface area contributed by atoms with Crippen LogP contribution in [-0.2, 0) is 24.4 Å². The topological polar surface area (TPSA) is 102 Å². The Bertz CT molecular complexity index is 1020. The summed E-state index contributed by atoms with van der Waals surface area (Å²) in [5.41, 5.74) is 0.931. The number of aromatic nitrogens is 1. The van der Waals surface area contributed by atoms with Crippen molar-refractivity contribution in [1.82, 2.24) is 4.98 Å². The third kappa shape index (κ3) is 4.56. The molecule has 1 aliphatic rings. The molecule has 0 unspecified atom stereocenters. The number of thiazole rings is 1. The van der Waals surface area contributed by atoms with Crippen LogP contribution < -0.4 is 5.32 Å². The molecule has 7 nitrogen and oxygen atoms in total. The van der Waals surface area contributed by atoms with E-state index in [9.17, 15) is 16.8 Å². The number of benzene rings is 1. The second-order valence-electron chi connectivity index (χ2n) is 6.77. The molecule has 154 valence electrons. The van der Waals surface area contributed by atoms with Gasteiger partial charge in [0, 0.05) is 13.2 Å². The summed E-state index contributed by atoms with van der Waals surface area (Å²) in [5.74, 6) is -0.0737. The maximum absolute atomic E-state index is 13.1. The quantitative estimate of drug-likeness (QED) is 0.667. The molecule has 0 aliphatic carbocycles. The number of ether oxygens (including phenoxy) is 1. The zero-order valence-corrected chi connectivity index (χ0v) is 18.3. The van der Waals surface area contributed by atoms with Gasteiger partial charge in [0.15, 0.2) is 5.03 Å². The fourth-order valence-corrected chi connectivity index (χ4v) is 7.28. The lowest BCUT2D eigenvalue weighted by molar-refractivity contribution is 0.120. The highest BCUT2D eigenvalue weighted by atomic mass is 32.2. The summed E-state index contributed by atoms with van der Waals surface area (Å²) in [6, 6.07) is 6.42. The van der Waals surface area contributed by atoms with E-state index in [1.54, 1.807) is 19.1 Å². The lowest BCUT2D eigenvalue weighted by Gasteiger charge is -2.11. The van der Waals surface area contributed by atoms with Gasteiger partial charge in [-0.3, -0.25) is 0 Å². The van der Waals surface area contributed by atoms with Crippen molar-refractivity contribution in [3.8, 4) is 0 Å². The van der Waals surface area contributed by atoms with E-state index < -0.39 is 19.7 Å². The van der Waals surface area contributed by atoms with Crippen molar-refractivity contribution in [2.24, 2.45) is 0 Å². The normalized spacial score (nSPS) is 17.7. The van der Waals surface area contributed by atoms with Crippen molar-refractivity contribution >= 4 is 36.0 Å². The summed E-state index contributed by atoms with van der Waals surface area (Å²) in [6.07, 6.45) is 2.25. The van der Waals surface area contributed by atoms with Gasteiger partial charge in [0.1, 0.15) is 5.00 Å². The molecule has 3 rings (SSSR count). The molecule has 10 heteroatoms. The van der Waals surface area contributed by atoms with Gasteiger partial charge >= 0.3 is 0 Å². The van der Waals surface area contributed by atoms with Gasteiger partial charge in [0.2, 0.25) is 24.0 Å². The molecule has 1 atom stereocenters. The first-order valence-electron chi connectivity index (χ1n) is 9.15. The second-order valence-corrected chi connectivity index (χ2v) is 11.9. The van der Waals surface area contributed by atoms with Gasteiger partial charge < -0.3 is 10.1 Å². The van der Waals surface area contributed by atoms with E-state index in [1.807, 2.05) is 6.92 Å².